The summed E-state index contributed by atoms with van der Waals surface area (Å²) in [6.45, 7) is 10.6. The lowest BCUT2D eigenvalue weighted by Crippen LogP contribution is -2.44. The van der Waals surface area contributed by atoms with E-state index in [-0.39, 0.29) is 12.2 Å². The maximum Gasteiger partial charge on any atom is 0.338 e. The molecule has 1 fully saturated rings. The van der Waals surface area contributed by atoms with Gasteiger partial charge in [-0.3, -0.25) is 4.90 Å². The SMILES string of the molecule is CCCc1noc(C(C)OC(=O)c2ccc(CN3CC(C)OC(C)C3)cc2)n1. The van der Waals surface area contributed by atoms with E-state index in [1.807, 2.05) is 19.1 Å². The molecule has 0 bridgehead atoms. The van der Waals surface area contributed by atoms with Gasteiger partial charge in [0, 0.05) is 26.1 Å². The summed E-state index contributed by atoms with van der Waals surface area (Å²) in [7, 11) is 0. The Hall–Kier alpha value is -2.25. The van der Waals surface area contributed by atoms with Gasteiger partial charge in [0.1, 0.15) is 0 Å². The molecule has 1 aromatic heterocycles. The van der Waals surface area contributed by atoms with Crippen molar-refractivity contribution >= 4 is 5.97 Å². The van der Waals surface area contributed by atoms with Crippen LogP contribution in [0.3, 0.4) is 0 Å². The van der Waals surface area contributed by atoms with Gasteiger partial charge in [0.25, 0.3) is 5.89 Å². The second kappa shape index (κ2) is 9.30. The molecule has 0 N–H and O–H groups in total. The Morgan fingerprint density at radius 2 is 1.93 bits per heavy atom. The van der Waals surface area contributed by atoms with Gasteiger partial charge in [-0.15, -0.1) is 0 Å². The maximum absolute atomic E-state index is 12.4. The van der Waals surface area contributed by atoms with E-state index in [1.54, 1.807) is 19.1 Å². The van der Waals surface area contributed by atoms with Gasteiger partial charge in [-0.25, -0.2) is 4.79 Å². The summed E-state index contributed by atoms with van der Waals surface area (Å²) in [5.74, 6) is 0.559. The van der Waals surface area contributed by atoms with Crippen molar-refractivity contribution in [1.82, 2.24) is 15.0 Å². The molecule has 1 saturated heterocycles. The fraction of sp³-hybridized carbons (Fsp3) is 0.571. The van der Waals surface area contributed by atoms with E-state index in [2.05, 4.69) is 28.9 Å². The Kier molecular flexibility index (Phi) is 6.80. The van der Waals surface area contributed by atoms with E-state index >= 15 is 0 Å². The van der Waals surface area contributed by atoms with Crippen molar-refractivity contribution in [3.05, 3.63) is 47.1 Å². The number of carbonyl (C=O) groups is 1. The van der Waals surface area contributed by atoms with E-state index in [9.17, 15) is 4.79 Å². The Bertz CT molecular complexity index is 764. The number of nitrogens with zero attached hydrogens (tertiary/aromatic N) is 3. The second-order valence-corrected chi connectivity index (χ2v) is 7.49. The summed E-state index contributed by atoms with van der Waals surface area (Å²) in [5.41, 5.74) is 1.67. The first-order chi connectivity index (χ1) is 13.4. The second-order valence-electron chi connectivity index (χ2n) is 7.49. The minimum Gasteiger partial charge on any atom is -0.449 e. The highest BCUT2D eigenvalue weighted by atomic mass is 16.6. The number of esters is 1. The molecule has 2 aromatic rings. The van der Waals surface area contributed by atoms with Gasteiger partial charge in [0.05, 0.1) is 17.8 Å². The molecule has 2 heterocycles. The van der Waals surface area contributed by atoms with Crippen molar-refractivity contribution in [2.75, 3.05) is 13.1 Å². The molecular formula is C21H29N3O4. The van der Waals surface area contributed by atoms with E-state index < -0.39 is 12.1 Å². The number of benzene rings is 1. The van der Waals surface area contributed by atoms with Crippen LogP contribution in [0.15, 0.2) is 28.8 Å². The molecule has 0 amide bonds. The zero-order chi connectivity index (χ0) is 20.1. The summed E-state index contributed by atoms with van der Waals surface area (Å²) in [4.78, 5) is 19.0. The molecule has 28 heavy (non-hydrogen) atoms. The quantitative estimate of drug-likeness (QED) is 0.672. The summed E-state index contributed by atoms with van der Waals surface area (Å²) in [6, 6.07) is 7.54. The van der Waals surface area contributed by atoms with Gasteiger partial charge in [-0.05, 0) is 44.9 Å². The fourth-order valence-electron chi connectivity index (χ4n) is 3.45. The molecule has 3 rings (SSSR count). The molecule has 0 saturated carbocycles. The van der Waals surface area contributed by atoms with Gasteiger partial charge in [-0.1, -0.05) is 24.2 Å². The molecule has 3 unspecified atom stereocenters. The molecule has 1 aromatic carbocycles. The van der Waals surface area contributed by atoms with Crippen LogP contribution in [0.4, 0.5) is 0 Å². The van der Waals surface area contributed by atoms with Gasteiger partial charge in [-0.2, -0.15) is 4.98 Å². The number of morpholine rings is 1. The zero-order valence-corrected chi connectivity index (χ0v) is 17.1. The van der Waals surface area contributed by atoms with E-state index in [0.717, 1.165) is 38.0 Å². The summed E-state index contributed by atoms with van der Waals surface area (Å²) >= 11 is 0. The molecule has 3 atom stereocenters. The van der Waals surface area contributed by atoms with Gasteiger partial charge >= 0.3 is 5.97 Å². The first-order valence-corrected chi connectivity index (χ1v) is 9.94. The Morgan fingerprint density at radius 3 is 2.57 bits per heavy atom. The lowest BCUT2D eigenvalue weighted by atomic mass is 10.1. The van der Waals surface area contributed by atoms with E-state index in [4.69, 9.17) is 14.0 Å². The highest BCUT2D eigenvalue weighted by Gasteiger charge is 2.22. The Morgan fingerprint density at radius 1 is 1.25 bits per heavy atom. The van der Waals surface area contributed by atoms with Gasteiger partial charge in [0.15, 0.2) is 11.9 Å². The number of rotatable bonds is 7. The summed E-state index contributed by atoms with van der Waals surface area (Å²) in [5, 5.41) is 3.89. The average molecular weight is 387 g/mol. The lowest BCUT2D eigenvalue weighted by molar-refractivity contribution is -0.0704. The van der Waals surface area contributed by atoms with Crippen LogP contribution in [0.2, 0.25) is 0 Å². The molecule has 0 spiro atoms. The molecular weight excluding hydrogens is 358 g/mol. The molecule has 0 radical (unpaired) electrons. The van der Waals surface area contributed by atoms with E-state index in [1.165, 1.54) is 0 Å². The number of hydrogen-bond donors (Lipinski definition) is 0. The standard InChI is InChI=1S/C21H29N3O4/c1-5-6-19-22-20(28-23-19)16(4)27-21(25)18-9-7-17(8-10-18)13-24-11-14(2)26-15(3)12-24/h7-10,14-16H,5-6,11-13H2,1-4H3. The van der Waals surface area contributed by atoms with Crippen LogP contribution in [-0.4, -0.2) is 46.3 Å². The largest absolute Gasteiger partial charge is 0.449 e. The molecule has 7 nitrogen and oxygen atoms in total. The Labute approximate surface area is 166 Å². The average Bonchev–Trinajstić information content (AvgIpc) is 3.10. The van der Waals surface area contributed by atoms with Crippen molar-refractivity contribution in [2.24, 2.45) is 0 Å². The summed E-state index contributed by atoms with van der Waals surface area (Å²) < 4.78 is 16.4. The normalized spacial score (nSPS) is 21.4. The van der Waals surface area contributed by atoms with Gasteiger partial charge in [0.2, 0.25) is 0 Å². The first kappa shape index (κ1) is 20.5. The van der Waals surface area contributed by atoms with Crippen LogP contribution in [0, 0.1) is 0 Å². The number of carbonyl (C=O) groups excluding carboxylic acids is 1. The maximum atomic E-state index is 12.4. The molecule has 152 valence electrons. The third-order valence-corrected chi connectivity index (χ3v) is 4.68. The van der Waals surface area contributed by atoms with Crippen LogP contribution < -0.4 is 0 Å². The van der Waals surface area contributed by atoms with Crippen molar-refractivity contribution in [3.63, 3.8) is 0 Å². The number of hydrogen-bond acceptors (Lipinski definition) is 7. The summed E-state index contributed by atoms with van der Waals surface area (Å²) in [6.07, 6.45) is 1.57. The van der Waals surface area contributed by atoms with Crippen molar-refractivity contribution in [2.45, 2.75) is 65.4 Å². The molecule has 1 aliphatic rings. The van der Waals surface area contributed by atoms with E-state index in [0.29, 0.717) is 17.3 Å². The highest BCUT2D eigenvalue weighted by molar-refractivity contribution is 5.89. The predicted octanol–water partition coefficient (Wildman–Crippen LogP) is 3.55. The van der Waals surface area contributed by atoms with Crippen molar-refractivity contribution in [1.29, 1.82) is 0 Å². The predicted molar refractivity (Wildman–Crippen MR) is 104 cm³/mol. The lowest BCUT2D eigenvalue weighted by Gasteiger charge is -2.35. The van der Waals surface area contributed by atoms with Gasteiger partial charge < -0.3 is 14.0 Å². The minimum atomic E-state index is -0.582. The smallest absolute Gasteiger partial charge is 0.338 e. The molecule has 1 aliphatic heterocycles. The minimum absolute atomic E-state index is 0.238. The van der Waals surface area contributed by atoms with Crippen LogP contribution in [0.25, 0.3) is 0 Å². The monoisotopic (exact) mass is 387 g/mol. The number of aromatic nitrogens is 2. The van der Waals surface area contributed by atoms with Crippen LogP contribution in [0.5, 0.6) is 0 Å². The third-order valence-electron chi connectivity index (χ3n) is 4.68. The third kappa shape index (κ3) is 5.39. The molecule has 7 heteroatoms. The number of ether oxygens (including phenoxy) is 2. The van der Waals surface area contributed by atoms with Crippen LogP contribution in [0.1, 0.15) is 67.9 Å². The highest BCUT2D eigenvalue weighted by Crippen LogP contribution is 2.19. The molecule has 0 aliphatic carbocycles. The Balaban J connectivity index is 1.55. The van der Waals surface area contributed by atoms with Crippen LogP contribution in [-0.2, 0) is 22.4 Å². The van der Waals surface area contributed by atoms with Crippen molar-refractivity contribution < 1.29 is 18.8 Å². The number of aryl methyl sites for hydroxylation is 1. The fourth-order valence-corrected chi connectivity index (χ4v) is 3.45. The topological polar surface area (TPSA) is 77.7 Å². The van der Waals surface area contributed by atoms with Crippen LogP contribution >= 0.6 is 0 Å². The van der Waals surface area contributed by atoms with Crippen molar-refractivity contribution in [3.8, 4) is 0 Å². The first-order valence-electron chi connectivity index (χ1n) is 9.94. The zero-order valence-electron chi connectivity index (χ0n) is 17.1.